The second-order valence-corrected chi connectivity index (χ2v) is 7.94. The molecule has 0 aliphatic carbocycles. The first kappa shape index (κ1) is 19.1. The highest BCUT2D eigenvalue weighted by Crippen LogP contribution is 2.37. The molecule has 142 valence electrons. The number of hydrogen-bond acceptors (Lipinski definition) is 4. The molecule has 0 unspecified atom stereocenters. The lowest BCUT2D eigenvalue weighted by molar-refractivity contribution is -0.165. The van der Waals surface area contributed by atoms with Crippen LogP contribution >= 0.6 is 0 Å². The molecule has 5 nitrogen and oxygen atoms in total. The Morgan fingerprint density at radius 3 is 2.27 bits per heavy atom. The monoisotopic (exact) mass is 367 g/mol. The zero-order valence-electron chi connectivity index (χ0n) is 15.8. The van der Waals surface area contributed by atoms with E-state index in [0.29, 0.717) is 11.3 Å². The van der Waals surface area contributed by atoms with E-state index in [2.05, 4.69) is 0 Å². The van der Waals surface area contributed by atoms with Crippen molar-refractivity contribution in [1.82, 2.24) is 4.90 Å². The van der Waals surface area contributed by atoms with E-state index < -0.39 is 37.3 Å². The second-order valence-electron chi connectivity index (χ2n) is 7.94. The lowest BCUT2D eigenvalue weighted by Gasteiger charge is -2.38. The predicted octanol–water partition coefficient (Wildman–Crippen LogP) is 2.01. The highest BCUT2D eigenvalue weighted by Gasteiger charge is 2.52. The van der Waals surface area contributed by atoms with Crippen LogP contribution in [0, 0.1) is 0 Å². The quantitative estimate of drug-likeness (QED) is 0.764. The van der Waals surface area contributed by atoms with Crippen LogP contribution in [0.2, 0.25) is 0 Å². The normalized spacial score (nSPS) is 22.9. The zero-order chi connectivity index (χ0) is 19.3. The third-order valence-corrected chi connectivity index (χ3v) is 5.37. The molecule has 8 heteroatoms. The van der Waals surface area contributed by atoms with Crippen LogP contribution in [0.15, 0.2) is 18.2 Å². The number of alkyl halides is 2. The molecule has 1 aromatic carbocycles. The number of nitrogens with zero attached hydrogens (tertiary/aromatic N) is 1. The van der Waals surface area contributed by atoms with Crippen LogP contribution < -0.4 is 10.2 Å². The summed E-state index contributed by atoms with van der Waals surface area (Å²) in [7, 11) is 0.948. The van der Waals surface area contributed by atoms with Gasteiger partial charge in [0.15, 0.2) is 0 Å². The van der Waals surface area contributed by atoms with Crippen LogP contribution in [0.3, 0.4) is 0 Å². The summed E-state index contributed by atoms with van der Waals surface area (Å²) < 4.78 is 43.4. The van der Waals surface area contributed by atoms with E-state index >= 15 is 0 Å². The summed E-state index contributed by atoms with van der Waals surface area (Å²) in [5.74, 6) is -2.59. The fourth-order valence-corrected chi connectivity index (χ4v) is 3.03. The molecular formula is C18H24BF2NO4. The van der Waals surface area contributed by atoms with Gasteiger partial charge in [-0.1, -0.05) is 12.1 Å². The van der Waals surface area contributed by atoms with Gasteiger partial charge in [-0.25, -0.2) is 8.78 Å². The molecule has 0 N–H and O–H groups in total. The van der Waals surface area contributed by atoms with Gasteiger partial charge in [0.05, 0.1) is 37.8 Å². The van der Waals surface area contributed by atoms with Gasteiger partial charge < -0.3 is 18.9 Å². The van der Waals surface area contributed by atoms with E-state index in [9.17, 15) is 13.6 Å². The Labute approximate surface area is 152 Å². The van der Waals surface area contributed by atoms with E-state index in [4.69, 9.17) is 14.0 Å². The fourth-order valence-electron chi connectivity index (χ4n) is 3.03. The van der Waals surface area contributed by atoms with Crippen LogP contribution in [0.1, 0.15) is 33.3 Å². The van der Waals surface area contributed by atoms with E-state index in [-0.39, 0.29) is 12.3 Å². The summed E-state index contributed by atoms with van der Waals surface area (Å²) >= 11 is 0. The maximum atomic E-state index is 13.0. The SMILES string of the molecule is COc1ccc(B2OC(C)(C)C(C)(C)O2)cc1CC(=O)N1CC(F)(F)C1. The average molecular weight is 367 g/mol. The molecule has 0 bridgehead atoms. The number of halogens is 2. The van der Waals surface area contributed by atoms with Crippen molar-refractivity contribution in [2.45, 2.75) is 51.2 Å². The maximum absolute atomic E-state index is 13.0. The standard InChI is InChI=1S/C18H24BF2NO4/c1-16(2)17(3,4)26-19(25-16)13-6-7-14(24-5)12(8-13)9-15(23)22-10-18(20,21)11-22/h6-8H,9-11H2,1-5H3. The third kappa shape index (κ3) is 3.44. The molecule has 0 radical (unpaired) electrons. The van der Waals surface area contributed by atoms with Gasteiger partial charge >= 0.3 is 7.12 Å². The Hall–Kier alpha value is -1.67. The molecule has 26 heavy (non-hydrogen) atoms. The van der Waals surface area contributed by atoms with Crippen molar-refractivity contribution >= 4 is 18.5 Å². The number of ether oxygens (including phenoxy) is 1. The largest absolute Gasteiger partial charge is 0.496 e. The molecule has 2 aliphatic heterocycles. The van der Waals surface area contributed by atoms with Crippen LogP contribution in [-0.4, -0.2) is 55.2 Å². The van der Waals surface area contributed by atoms with Crippen LogP contribution in [0.4, 0.5) is 8.78 Å². The van der Waals surface area contributed by atoms with Gasteiger partial charge in [-0.2, -0.15) is 0 Å². The van der Waals surface area contributed by atoms with Crippen molar-refractivity contribution in [3.63, 3.8) is 0 Å². The lowest BCUT2D eigenvalue weighted by Crippen LogP contribution is -2.58. The van der Waals surface area contributed by atoms with Crippen molar-refractivity contribution in [2.75, 3.05) is 20.2 Å². The van der Waals surface area contributed by atoms with Gasteiger partial charge in [0.1, 0.15) is 5.75 Å². The van der Waals surface area contributed by atoms with Crippen molar-refractivity contribution in [2.24, 2.45) is 0 Å². The van der Waals surface area contributed by atoms with E-state index in [1.807, 2.05) is 33.8 Å². The Balaban J connectivity index is 1.78. The fraction of sp³-hybridized carbons (Fsp3) is 0.611. The number of amides is 1. The van der Waals surface area contributed by atoms with Crippen molar-refractivity contribution in [1.29, 1.82) is 0 Å². The molecule has 2 saturated heterocycles. The summed E-state index contributed by atoms with van der Waals surface area (Å²) in [5.41, 5.74) is 0.439. The average Bonchev–Trinajstić information content (AvgIpc) is 2.73. The first-order valence-corrected chi connectivity index (χ1v) is 8.62. The topological polar surface area (TPSA) is 48.0 Å². The molecule has 1 aromatic rings. The smallest absolute Gasteiger partial charge is 0.494 e. The van der Waals surface area contributed by atoms with Crippen LogP contribution in [-0.2, 0) is 20.5 Å². The highest BCUT2D eigenvalue weighted by molar-refractivity contribution is 6.62. The van der Waals surface area contributed by atoms with E-state index in [1.165, 1.54) is 7.11 Å². The number of likely N-dealkylation sites (tertiary alicyclic amines) is 1. The lowest BCUT2D eigenvalue weighted by atomic mass is 9.78. The highest BCUT2D eigenvalue weighted by atomic mass is 19.3. The summed E-state index contributed by atoms with van der Waals surface area (Å²) in [4.78, 5) is 13.4. The zero-order valence-corrected chi connectivity index (χ0v) is 15.8. The molecular weight excluding hydrogens is 343 g/mol. The van der Waals surface area contributed by atoms with Gasteiger partial charge in [-0.15, -0.1) is 0 Å². The minimum Gasteiger partial charge on any atom is -0.496 e. The second kappa shape index (κ2) is 6.20. The number of carbonyl (C=O) groups is 1. The minimum atomic E-state index is -2.77. The van der Waals surface area contributed by atoms with Gasteiger partial charge in [0.2, 0.25) is 5.91 Å². The molecule has 2 aliphatic rings. The van der Waals surface area contributed by atoms with E-state index in [1.54, 1.807) is 12.1 Å². The molecule has 0 aromatic heterocycles. The van der Waals surface area contributed by atoms with Crippen molar-refractivity contribution in [3.8, 4) is 5.75 Å². The minimum absolute atomic E-state index is 0.00734. The van der Waals surface area contributed by atoms with Gasteiger partial charge in [0.25, 0.3) is 5.92 Å². The molecule has 0 saturated carbocycles. The number of hydrogen-bond donors (Lipinski definition) is 0. The molecule has 3 rings (SSSR count). The Kier molecular flexibility index (Phi) is 4.56. The Morgan fingerprint density at radius 1 is 1.19 bits per heavy atom. The number of benzene rings is 1. The Morgan fingerprint density at radius 2 is 1.77 bits per heavy atom. The predicted molar refractivity (Wildman–Crippen MR) is 93.9 cm³/mol. The van der Waals surface area contributed by atoms with Crippen LogP contribution in [0.25, 0.3) is 0 Å². The van der Waals surface area contributed by atoms with Crippen molar-refractivity contribution < 1.29 is 27.6 Å². The van der Waals surface area contributed by atoms with Gasteiger partial charge in [0, 0.05) is 5.56 Å². The molecule has 2 heterocycles. The number of rotatable bonds is 4. The summed E-state index contributed by atoms with van der Waals surface area (Å²) in [5, 5.41) is 0. The first-order chi connectivity index (χ1) is 11.9. The van der Waals surface area contributed by atoms with Crippen molar-refractivity contribution in [3.05, 3.63) is 23.8 Å². The van der Waals surface area contributed by atoms with E-state index in [0.717, 1.165) is 10.4 Å². The maximum Gasteiger partial charge on any atom is 0.494 e. The third-order valence-electron chi connectivity index (χ3n) is 5.37. The number of carbonyl (C=O) groups excluding carboxylic acids is 1. The summed E-state index contributed by atoms with van der Waals surface area (Å²) in [6.45, 7) is 6.81. The summed E-state index contributed by atoms with van der Waals surface area (Å²) in [6, 6.07) is 5.36. The molecule has 0 spiro atoms. The van der Waals surface area contributed by atoms with Crippen LogP contribution in [0.5, 0.6) is 5.75 Å². The summed E-state index contributed by atoms with van der Waals surface area (Å²) in [6.07, 6.45) is -0.00734. The van der Waals surface area contributed by atoms with Gasteiger partial charge in [-0.3, -0.25) is 4.79 Å². The molecule has 0 atom stereocenters. The Bertz CT molecular complexity index is 699. The number of methoxy groups -OCH3 is 1. The van der Waals surface area contributed by atoms with Gasteiger partial charge in [-0.05, 0) is 39.2 Å². The molecule has 2 fully saturated rings. The molecule has 1 amide bonds. The first-order valence-electron chi connectivity index (χ1n) is 8.62.